The summed E-state index contributed by atoms with van der Waals surface area (Å²) < 4.78 is 13.3. The molecule has 5 nitrogen and oxygen atoms in total. The van der Waals surface area contributed by atoms with Crippen molar-refractivity contribution in [3.63, 3.8) is 0 Å². The van der Waals surface area contributed by atoms with E-state index in [-0.39, 0.29) is 11.7 Å². The molecule has 1 fully saturated rings. The summed E-state index contributed by atoms with van der Waals surface area (Å²) in [6.45, 7) is 0. The monoisotopic (exact) mass is 309 g/mol. The number of fused-ring (bicyclic) bond motifs is 1. The Morgan fingerprint density at radius 3 is 2.90 bits per heavy atom. The van der Waals surface area contributed by atoms with Crippen LogP contribution in [0.3, 0.4) is 0 Å². The summed E-state index contributed by atoms with van der Waals surface area (Å²) >= 11 is 5.98. The third-order valence-corrected chi connectivity index (χ3v) is 3.96. The van der Waals surface area contributed by atoms with Gasteiger partial charge in [-0.25, -0.2) is 9.37 Å². The van der Waals surface area contributed by atoms with E-state index in [0.29, 0.717) is 40.9 Å². The Kier molecular flexibility index (Phi) is 3.63. The van der Waals surface area contributed by atoms with Gasteiger partial charge in [-0.3, -0.25) is 10.1 Å². The molecule has 7 heteroatoms. The fourth-order valence-electron chi connectivity index (χ4n) is 2.71. The highest BCUT2D eigenvalue weighted by molar-refractivity contribution is 6.31. The Morgan fingerprint density at radius 2 is 2.24 bits per heavy atom. The molecule has 1 aliphatic rings. The van der Waals surface area contributed by atoms with Gasteiger partial charge in [0.15, 0.2) is 0 Å². The number of rotatable bonds is 3. The summed E-state index contributed by atoms with van der Waals surface area (Å²) in [6.07, 6.45) is 1.87. The van der Waals surface area contributed by atoms with E-state index in [1.165, 1.54) is 6.20 Å². The smallest absolute Gasteiger partial charge is 0.311 e. The van der Waals surface area contributed by atoms with E-state index in [1.807, 2.05) is 0 Å². The van der Waals surface area contributed by atoms with Gasteiger partial charge >= 0.3 is 5.69 Å². The second-order valence-corrected chi connectivity index (χ2v) is 5.63. The van der Waals surface area contributed by atoms with Gasteiger partial charge in [0.05, 0.1) is 10.4 Å². The van der Waals surface area contributed by atoms with Gasteiger partial charge in [0.25, 0.3) is 0 Å². The van der Waals surface area contributed by atoms with Crippen LogP contribution in [-0.2, 0) is 0 Å². The van der Waals surface area contributed by atoms with Gasteiger partial charge in [0.1, 0.15) is 18.1 Å². The van der Waals surface area contributed by atoms with E-state index in [1.54, 1.807) is 18.2 Å². The number of nitrogens with zero attached hydrogens (tertiary/aromatic N) is 2. The Balaban J connectivity index is 2.09. The third kappa shape index (κ3) is 2.76. The predicted octanol–water partition coefficient (Wildman–Crippen LogP) is 4.10. The Labute approximate surface area is 125 Å². The van der Waals surface area contributed by atoms with Crippen LogP contribution in [0.1, 0.15) is 19.3 Å². The van der Waals surface area contributed by atoms with Gasteiger partial charge in [0.2, 0.25) is 0 Å². The normalized spacial score (nSPS) is 21.6. The zero-order chi connectivity index (χ0) is 15.0. The maximum atomic E-state index is 13.3. The minimum absolute atomic E-state index is 0.108. The minimum atomic E-state index is -0.849. The van der Waals surface area contributed by atoms with Crippen LogP contribution < -0.4 is 5.32 Å². The molecule has 1 N–H and O–H groups in total. The fourth-order valence-corrected chi connectivity index (χ4v) is 2.88. The van der Waals surface area contributed by atoms with Crippen molar-refractivity contribution in [2.24, 2.45) is 0 Å². The average molecular weight is 310 g/mol. The van der Waals surface area contributed by atoms with Crippen LogP contribution in [0.25, 0.3) is 10.9 Å². The van der Waals surface area contributed by atoms with Gasteiger partial charge in [-0.2, -0.15) is 0 Å². The Morgan fingerprint density at radius 1 is 1.43 bits per heavy atom. The summed E-state index contributed by atoms with van der Waals surface area (Å²) in [5.74, 6) is 0. The van der Waals surface area contributed by atoms with E-state index < -0.39 is 11.1 Å². The number of anilines is 1. The number of nitrogens with one attached hydrogen (secondary N) is 1. The largest absolute Gasteiger partial charge is 0.376 e. The molecule has 2 aromatic rings. The molecule has 1 heterocycles. The molecule has 21 heavy (non-hydrogen) atoms. The first-order valence-electron chi connectivity index (χ1n) is 6.68. The Bertz CT molecular complexity index is 710. The van der Waals surface area contributed by atoms with E-state index in [4.69, 9.17) is 11.6 Å². The number of alkyl halides is 1. The van der Waals surface area contributed by atoms with E-state index in [0.717, 1.165) is 0 Å². The average Bonchev–Trinajstić information content (AvgIpc) is 2.84. The number of hydrogen-bond donors (Lipinski definition) is 1. The maximum Gasteiger partial charge on any atom is 0.311 e. The molecule has 1 saturated carbocycles. The van der Waals surface area contributed by atoms with Crippen LogP contribution in [0.4, 0.5) is 15.8 Å². The number of pyridine rings is 1. The molecule has 3 rings (SSSR count). The highest BCUT2D eigenvalue weighted by atomic mass is 35.5. The summed E-state index contributed by atoms with van der Waals surface area (Å²) in [7, 11) is 0. The van der Waals surface area contributed by atoms with Crippen LogP contribution in [-0.4, -0.2) is 22.1 Å². The zero-order valence-electron chi connectivity index (χ0n) is 11.1. The molecule has 0 bridgehead atoms. The van der Waals surface area contributed by atoms with Gasteiger partial charge in [-0.05, 0) is 37.5 Å². The highest BCUT2D eigenvalue weighted by Gasteiger charge is 2.27. The van der Waals surface area contributed by atoms with Crippen molar-refractivity contribution in [3.05, 3.63) is 39.5 Å². The van der Waals surface area contributed by atoms with Crippen LogP contribution in [0.2, 0.25) is 5.02 Å². The highest BCUT2D eigenvalue weighted by Crippen LogP contribution is 2.35. The van der Waals surface area contributed by atoms with Gasteiger partial charge < -0.3 is 5.32 Å². The van der Waals surface area contributed by atoms with Crippen molar-refractivity contribution in [2.75, 3.05) is 5.32 Å². The summed E-state index contributed by atoms with van der Waals surface area (Å²) in [6, 6.07) is 4.92. The molecule has 0 saturated heterocycles. The molecule has 0 aliphatic heterocycles. The first-order valence-corrected chi connectivity index (χ1v) is 7.05. The van der Waals surface area contributed by atoms with Crippen LogP contribution in [0.15, 0.2) is 24.4 Å². The van der Waals surface area contributed by atoms with E-state index in [9.17, 15) is 14.5 Å². The van der Waals surface area contributed by atoms with Crippen LogP contribution in [0, 0.1) is 10.1 Å². The Hall–Kier alpha value is -1.95. The van der Waals surface area contributed by atoms with Gasteiger partial charge in [-0.15, -0.1) is 0 Å². The van der Waals surface area contributed by atoms with Crippen molar-refractivity contribution in [2.45, 2.75) is 31.5 Å². The summed E-state index contributed by atoms with van der Waals surface area (Å²) in [4.78, 5) is 14.8. The zero-order valence-corrected chi connectivity index (χ0v) is 11.8. The number of aromatic nitrogens is 1. The van der Waals surface area contributed by atoms with Crippen LogP contribution in [0.5, 0.6) is 0 Å². The molecule has 0 spiro atoms. The van der Waals surface area contributed by atoms with Gasteiger partial charge in [0, 0.05) is 16.5 Å². The lowest BCUT2D eigenvalue weighted by Gasteiger charge is -2.15. The topological polar surface area (TPSA) is 68.1 Å². The molecule has 110 valence electrons. The lowest BCUT2D eigenvalue weighted by molar-refractivity contribution is -0.384. The van der Waals surface area contributed by atoms with E-state index in [2.05, 4.69) is 10.3 Å². The van der Waals surface area contributed by atoms with Crippen molar-refractivity contribution in [1.82, 2.24) is 4.98 Å². The lowest BCUT2D eigenvalue weighted by atomic mass is 10.1. The van der Waals surface area contributed by atoms with Crippen molar-refractivity contribution in [3.8, 4) is 0 Å². The van der Waals surface area contributed by atoms with E-state index >= 15 is 0 Å². The molecular formula is C14H13ClFN3O2. The SMILES string of the molecule is O=[N+]([O-])c1cnc2ccc(Cl)cc2c1N[C@H]1CC[C@@H](F)C1. The standard InChI is InChI=1S/C14H13ClFN3O2/c15-8-1-4-12-11(5-8)14(13(7-17-12)19(20)21)18-10-3-2-9(16)6-10/h1,4-5,7,9-10H,2-3,6H2,(H,17,18)/t9-,10+/m1/s1. The molecule has 0 unspecified atom stereocenters. The summed E-state index contributed by atoms with van der Waals surface area (Å²) in [5, 5.41) is 15.4. The molecule has 1 aliphatic carbocycles. The number of hydrogen-bond acceptors (Lipinski definition) is 4. The van der Waals surface area contributed by atoms with Crippen molar-refractivity contribution < 1.29 is 9.31 Å². The molecule has 1 aromatic heterocycles. The number of benzene rings is 1. The number of nitro groups is 1. The third-order valence-electron chi connectivity index (χ3n) is 3.72. The lowest BCUT2D eigenvalue weighted by Crippen LogP contribution is -2.17. The van der Waals surface area contributed by atoms with Crippen molar-refractivity contribution >= 4 is 33.9 Å². The molecule has 0 amide bonds. The maximum absolute atomic E-state index is 13.3. The minimum Gasteiger partial charge on any atom is -0.376 e. The van der Waals surface area contributed by atoms with Gasteiger partial charge in [-0.1, -0.05) is 11.6 Å². The quantitative estimate of drug-likeness (QED) is 0.684. The van der Waals surface area contributed by atoms with Crippen molar-refractivity contribution in [1.29, 1.82) is 0 Å². The first-order chi connectivity index (χ1) is 10.0. The number of halogens is 2. The second-order valence-electron chi connectivity index (χ2n) is 5.19. The first kappa shape index (κ1) is 14.0. The molecular weight excluding hydrogens is 297 g/mol. The molecule has 1 aromatic carbocycles. The predicted molar refractivity (Wildman–Crippen MR) is 79.6 cm³/mol. The summed E-state index contributed by atoms with van der Waals surface area (Å²) in [5.41, 5.74) is 0.862. The second kappa shape index (κ2) is 5.44. The van der Waals surface area contributed by atoms with Crippen LogP contribution >= 0.6 is 11.6 Å². The fraction of sp³-hybridized carbons (Fsp3) is 0.357. The molecule has 0 radical (unpaired) electrons. The molecule has 2 atom stereocenters.